The third-order valence-electron chi connectivity index (χ3n) is 3.74. The van der Waals surface area contributed by atoms with Gasteiger partial charge in [0.25, 0.3) is 5.91 Å². The lowest BCUT2D eigenvalue weighted by atomic mass is 9.86. The first-order chi connectivity index (χ1) is 10.3. The van der Waals surface area contributed by atoms with E-state index >= 15 is 0 Å². The van der Waals surface area contributed by atoms with Crippen molar-refractivity contribution in [1.29, 1.82) is 0 Å². The molecule has 1 amide bonds. The van der Waals surface area contributed by atoms with Gasteiger partial charge in [-0.15, -0.1) is 0 Å². The predicted octanol–water partition coefficient (Wildman–Crippen LogP) is 5.13. The van der Waals surface area contributed by atoms with Crippen LogP contribution in [0.15, 0.2) is 48.5 Å². The highest BCUT2D eigenvalue weighted by atomic mass is 35.5. The molecule has 2 aromatic rings. The summed E-state index contributed by atoms with van der Waals surface area (Å²) in [7, 11) is 0. The van der Waals surface area contributed by atoms with Crippen LogP contribution in [0.2, 0.25) is 5.02 Å². The molecular weight excluding hydrogens is 294 g/mol. The molecule has 0 saturated heterocycles. The summed E-state index contributed by atoms with van der Waals surface area (Å²) in [5, 5.41) is 3.46. The Morgan fingerprint density at radius 1 is 1.05 bits per heavy atom. The van der Waals surface area contributed by atoms with Crippen LogP contribution < -0.4 is 5.32 Å². The molecule has 2 nitrogen and oxygen atoms in total. The highest BCUT2D eigenvalue weighted by Crippen LogP contribution is 2.24. The molecule has 0 saturated carbocycles. The smallest absolute Gasteiger partial charge is 0.253 e. The summed E-state index contributed by atoms with van der Waals surface area (Å²) in [5.41, 5.74) is 2.99. The number of amides is 1. The molecule has 2 rings (SSSR count). The van der Waals surface area contributed by atoms with Crippen molar-refractivity contribution < 1.29 is 4.79 Å². The number of halogens is 1. The van der Waals surface area contributed by atoms with E-state index in [2.05, 4.69) is 50.4 Å². The minimum Gasteiger partial charge on any atom is -0.345 e. The molecule has 0 bridgehead atoms. The molecule has 2 aromatic carbocycles. The lowest BCUT2D eigenvalue weighted by Crippen LogP contribution is -2.27. The number of carbonyl (C=O) groups excluding carboxylic acids is 1. The molecule has 0 fully saturated rings. The van der Waals surface area contributed by atoms with E-state index in [9.17, 15) is 4.79 Å². The minimum absolute atomic E-state index is 0.0715. The molecule has 0 aromatic heterocycles. The van der Waals surface area contributed by atoms with E-state index < -0.39 is 0 Å². The summed E-state index contributed by atoms with van der Waals surface area (Å²) in [6, 6.07) is 15.4. The molecule has 116 valence electrons. The van der Waals surface area contributed by atoms with Gasteiger partial charge in [-0.25, -0.2) is 0 Å². The summed E-state index contributed by atoms with van der Waals surface area (Å²) < 4.78 is 0. The summed E-state index contributed by atoms with van der Waals surface area (Å²) in [6.45, 7) is 8.53. The molecule has 0 aliphatic carbocycles. The van der Waals surface area contributed by atoms with Gasteiger partial charge >= 0.3 is 0 Å². The largest absolute Gasteiger partial charge is 0.345 e. The Bertz CT molecular complexity index is 656. The Kier molecular flexibility index (Phi) is 4.92. The van der Waals surface area contributed by atoms with Crippen molar-refractivity contribution in [2.24, 2.45) is 0 Å². The average molecular weight is 316 g/mol. The van der Waals surface area contributed by atoms with Crippen molar-refractivity contribution >= 4 is 17.5 Å². The third kappa shape index (κ3) is 3.89. The molecule has 22 heavy (non-hydrogen) atoms. The van der Waals surface area contributed by atoms with Gasteiger partial charge in [0.1, 0.15) is 0 Å². The fourth-order valence-electron chi connectivity index (χ4n) is 2.27. The molecular formula is C19H22ClNO. The second-order valence-corrected chi connectivity index (χ2v) is 6.95. The van der Waals surface area contributed by atoms with Gasteiger partial charge in [-0.1, -0.05) is 68.8 Å². The normalized spacial score (nSPS) is 12.8. The molecule has 1 N–H and O–H groups in total. The molecule has 0 unspecified atom stereocenters. The summed E-state index contributed by atoms with van der Waals surface area (Å²) in [5.74, 6) is -0.155. The summed E-state index contributed by atoms with van der Waals surface area (Å²) in [4.78, 5) is 12.3. The van der Waals surface area contributed by atoms with Crippen molar-refractivity contribution in [2.75, 3.05) is 0 Å². The zero-order chi connectivity index (χ0) is 16.3. The van der Waals surface area contributed by atoms with Crippen LogP contribution in [0.5, 0.6) is 0 Å². The second-order valence-electron chi connectivity index (χ2n) is 6.55. The Morgan fingerprint density at radius 3 is 2.18 bits per heavy atom. The van der Waals surface area contributed by atoms with Crippen LogP contribution in [0, 0.1) is 0 Å². The Labute approximate surface area is 137 Å². The molecule has 0 heterocycles. The van der Waals surface area contributed by atoms with Gasteiger partial charge < -0.3 is 5.32 Å². The molecule has 3 heteroatoms. The third-order valence-corrected chi connectivity index (χ3v) is 4.07. The van der Waals surface area contributed by atoms with Gasteiger partial charge in [0, 0.05) is 0 Å². The van der Waals surface area contributed by atoms with E-state index in [1.807, 2.05) is 19.1 Å². The molecule has 0 radical (unpaired) electrons. The number of carbonyl (C=O) groups is 1. The highest BCUT2D eigenvalue weighted by molar-refractivity contribution is 6.33. The number of hydrogen-bond donors (Lipinski definition) is 1. The number of hydrogen-bond acceptors (Lipinski definition) is 1. The Hall–Kier alpha value is -1.80. The van der Waals surface area contributed by atoms with Gasteiger partial charge in [-0.2, -0.15) is 0 Å². The minimum atomic E-state index is -0.155. The lowest BCUT2D eigenvalue weighted by molar-refractivity contribution is 0.0940. The molecule has 1 atom stereocenters. The van der Waals surface area contributed by atoms with Gasteiger partial charge in [-0.05, 0) is 35.6 Å². The van der Waals surface area contributed by atoms with Crippen LogP contribution in [0.1, 0.15) is 55.2 Å². The number of rotatable bonds is 3. The summed E-state index contributed by atoms with van der Waals surface area (Å²) in [6.07, 6.45) is 0. The van der Waals surface area contributed by atoms with Crippen LogP contribution in [0.4, 0.5) is 0 Å². The summed E-state index contributed by atoms with van der Waals surface area (Å²) >= 11 is 6.06. The Morgan fingerprint density at radius 2 is 1.64 bits per heavy atom. The zero-order valence-electron chi connectivity index (χ0n) is 13.5. The maximum Gasteiger partial charge on any atom is 0.253 e. The fraction of sp³-hybridized carbons (Fsp3) is 0.316. The second kappa shape index (κ2) is 6.53. The highest BCUT2D eigenvalue weighted by Gasteiger charge is 2.16. The van der Waals surface area contributed by atoms with E-state index in [4.69, 9.17) is 11.6 Å². The van der Waals surface area contributed by atoms with E-state index in [0.29, 0.717) is 10.6 Å². The van der Waals surface area contributed by atoms with Crippen LogP contribution in [0.3, 0.4) is 0 Å². The fourth-order valence-corrected chi connectivity index (χ4v) is 2.50. The Balaban J connectivity index is 2.11. The molecule has 0 spiro atoms. The first-order valence-corrected chi connectivity index (χ1v) is 7.82. The maximum absolute atomic E-state index is 12.3. The monoisotopic (exact) mass is 315 g/mol. The van der Waals surface area contributed by atoms with Crippen LogP contribution in [0.25, 0.3) is 0 Å². The molecule has 0 aliphatic heterocycles. The van der Waals surface area contributed by atoms with Gasteiger partial charge in [0.2, 0.25) is 0 Å². The topological polar surface area (TPSA) is 29.1 Å². The van der Waals surface area contributed by atoms with E-state index in [1.54, 1.807) is 12.1 Å². The van der Waals surface area contributed by atoms with Crippen molar-refractivity contribution in [2.45, 2.75) is 39.2 Å². The molecule has 0 aliphatic rings. The number of nitrogens with one attached hydrogen (secondary N) is 1. The van der Waals surface area contributed by atoms with Crippen molar-refractivity contribution in [1.82, 2.24) is 5.32 Å². The van der Waals surface area contributed by atoms with Crippen molar-refractivity contribution in [3.8, 4) is 0 Å². The van der Waals surface area contributed by atoms with Crippen molar-refractivity contribution in [3.63, 3.8) is 0 Å². The first kappa shape index (κ1) is 16.6. The van der Waals surface area contributed by atoms with E-state index in [-0.39, 0.29) is 17.4 Å². The van der Waals surface area contributed by atoms with E-state index in [1.165, 1.54) is 5.56 Å². The maximum atomic E-state index is 12.3. The van der Waals surface area contributed by atoms with Gasteiger partial charge in [0.05, 0.1) is 16.6 Å². The predicted molar refractivity (Wildman–Crippen MR) is 92.5 cm³/mol. The van der Waals surface area contributed by atoms with Gasteiger partial charge in [0.15, 0.2) is 0 Å². The van der Waals surface area contributed by atoms with Crippen LogP contribution >= 0.6 is 11.6 Å². The average Bonchev–Trinajstić information content (AvgIpc) is 2.46. The standard InChI is InChI=1S/C19H22ClNO/c1-13(14-9-11-15(12-10-14)19(2,3)4)21-18(22)16-7-5-6-8-17(16)20/h5-13H,1-4H3,(H,21,22)/t13-/m1/s1. The SMILES string of the molecule is C[C@@H](NC(=O)c1ccccc1Cl)c1ccc(C(C)(C)C)cc1. The first-order valence-electron chi connectivity index (χ1n) is 7.45. The van der Waals surface area contributed by atoms with Crippen LogP contribution in [-0.2, 0) is 5.41 Å². The number of benzene rings is 2. The van der Waals surface area contributed by atoms with E-state index in [0.717, 1.165) is 5.56 Å². The van der Waals surface area contributed by atoms with Crippen molar-refractivity contribution in [3.05, 3.63) is 70.2 Å². The van der Waals surface area contributed by atoms with Gasteiger partial charge in [-0.3, -0.25) is 4.79 Å². The van der Waals surface area contributed by atoms with Crippen LogP contribution in [-0.4, -0.2) is 5.91 Å². The zero-order valence-corrected chi connectivity index (χ0v) is 14.2. The quantitative estimate of drug-likeness (QED) is 0.836. The lowest BCUT2D eigenvalue weighted by Gasteiger charge is -2.21.